The summed E-state index contributed by atoms with van der Waals surface area (Å²) >= 11 is 3.21. The van der Waals surface area contributed by atoms with Gasteiger partial charge in [0.1, 0.15) is 36.1 Å². The number of likely N-dealkylation sites (tertiary alicyclic amines) is 1. The van der Waals surface area contributed by atoms with Crippen molar-refractivity contribution in [2.24, 2.45) is 5.41 Å². The molecule has 6 rings (SSSR count). The molecule has 0 spiro atoms. The Morgan fingerprint density at radius 3 is 2.03 bits per heavy atom. The maximum atomic E-state index is 14.0. The summed E-state index contributed by atoms with van der Waals surface area (Å²) in [6, 6.07) is 19.8. The molecule has 3 aromatic carbocycles. The summed E-state index contributed by atoms with van der Waals surface area (Å²) in [6.45, 7) is 12.7. The van der Waals surface area contributed by atoms with Crippen LogP contribution in [0.1, 0.15) is 51.4 Å². The number of β-amino-alcohol motifs (C(OH)–C–C–N with tert-alkyl or cyclic N) is 1. The van der Waals surface area contributed by atoms with E-state index in [2.05, 4.69) is 33.1 Å². The first-order chi connectivity index (χ1) is 32.3. The van der Waals surface area contributed by atoms with E-state index >= 15 is 0 Å². The molecule has 4 N–H and O–H groups in total. The van der Waals surface area contributed by atoms with Crippen molar-refractivity contribution < 1.29 is 47.9 Å². The topological polar surface area (TPSA) is 192 Å². The average Bonchev–Trinajstić information content (AvgIpc) is 4.06. The van der Waals surface area contributed by atoms with Gasteiger partial charge in [0.25, 0.3) is 0 Å². The van der Waals surface area contributed by atoms with E-state index in [0.29, 0.717) is 52.9 Å². The summed E-state index contributed by atoms with van der Waals surface area (Å²) in [5, 5.41) is 20.5. The van der Waals surface area contributed by atoms with Gasteiger partial charge in [-0.25, -0.2) is 9.97 Å². The van der Waals surface area contributed by atoms with Gasteiger partial charge in [-0.1, -0.05) is 45.0 Å². The van der Waals surface area contributed by atoms with E-state index in [0.717, 1.165) is 53.9 Å². The molecule has 67 heavy (non-hydrogen) atoms. The molecule has 3 amide bonds. The Bertz CT molecular complexity index is 2330. The van der Waals surface area contributed by atoms with E-state index < -0.39 is 35.4 Å². The lowest BCUT2D eigenvalue weighted by atomic mass is 9.85. The predicted molar refractivity (Wildman–Crippen MR) is 261 cm³/mol. The summed E-state index contributed by atoms with van der Waals surface area (Å²) < 4.78 is 34.8. The van der Waals surface area contributed by atoms with Crippen molar-refractivity contribution in [1.82, 2.24) is 25.5 Å². The molecule has 1 aliphatic rings. The number of hydrogen-bond acceptors (Lipinski definition) is 15. The monoisotopic (exact) mass is 960 g/mol. The van der Waals surface area contributed by atoms with Crippen LogP contribution in [0, 0.1) is 12.3 Å². The van der Waals surface area contributed by atoms with Gasteiger partial charge in [-0.15, -0.1) is 22.7 Å². The molecule has 0 radical (unpaired) electrons. The molecule has 1 aliphatic heterocycles. The van der Waals surface area contributed by atoms with E-state index in [1.807, 2.05) is 102 Å². The minimum atomic E-state index is -0.964. The number of fused-ring (bicyclic) bond motifs is 1. The van der Waals surface area contributed by atoms with Crippen molar-refractivity contribution in [1.29, 1.82) is 0 Å². The van der Waals surface area contributed by atoms with Crippen molar-refractivity contribution in [3.63, 3.8) is 0 Å². The number of thiazole rings is 2. The zero-order chi connectivity index (χ0) is 47.8. The van der Waals surface area contributed by atoms with Crippen LogP contribution in [0.3, 0.4) is 0 Å². The fourth-order valence-corrected chi connectivity index (χ4v) is 9.19. The third-order valence-corrected chi connectivity index (χ3v) is 13.1. The SMILES string of the molecule is CNc1ccc(-c2nc3ccc(OCCOCCOCCOCCOCCOCC(=O)NC(C(=O)N4C[C@H](O)C[C@H]4C(=O)NC(C)c4ccc(-c5scnc5C)cc4)C(C)(C)C)cc3s2)cc1. The Labute approximate surface area is 400 Å². The highest BCUT2D eigenvalue weighted by atomic mass is 32.1. The van der Waals surface area contributed by atoms with E-state index in [1.54, 1.807) is 22.7 Å². The second-order valence-electron chi connectivity index (χ2n) is 17.2. The number of aliphatic hydroxyl groups excluding tert-OH is 1. The van der Waals surface area contributed by atoms with Crippen molar-refractivity contribution in [2.75, 3.05) is 91.6 Å². The number of aliphatic hydroxyl groups is 1. The fourth-order valence-electron chi connectivity index (χ4n) is 7.38. The van der Waals surface area contributed by atoms with Gasteiger partial charge in [-0.3, -0.25) is 14.4 Å². The molecule has 362 valence electrons. The summed E-state index contributed by atoms with van der Waals surface area (Å²) in [6.07, 6.45) is -0.780. The molecule has 16 nitrogen and oxygen atoms in total. The van der Waals surface area contributed by atoms with Crippen LogP contribution in [0.2, 0.25) is 0 Å². The maximum absolute atomic E-state index is 14.0. The number of nitrogens with zero attached hydrogens (tertiary/aromatic N) is 3. The number of carbonyl (C=O) groups is 3. The number of rotatable bonds is 26. The van der Waals surface area contributed by atoms with Gasteiger partial charge in [0.15, 0.2) is 0 Å². The van der Waals surface area contributed by atoms with Crippen molar-refractivity contribution >= 4 is 56.3 Å². The number of aromatic nitrogens is 2. The molecule has 1 fully saturated rings. The van der Waals surface area contributed by atoms with E-state index in [1.165, 1.54) is 4.90 Å². The number of ether oxygens (including phenoxy) is 6. The largest absolute Gasteiger partial charge is 0.491 e. The lowest BCUT2D eigenvalue weighted by molar-refractivity contribution is -0.144. The number of hydrogen-bond donors (Lipinski definition) is 4. The van der Waals surface area contributed by atoms with Gasteiger partial charge >= 0.3 is 0 Å². The number of anilines is 1. The molecule has 0 bridgehead atoms. The van der Waals surface area contributed by atoms with E-state index in [9.17, 15) is 19.5 Å². The molecule has 4 atom stereocenters. The minimum absolute atomic E-state index is 0.0171. The van der Waals surface area contributed by atoms with Gasteiger partial charge in [0, 0.05) is 31.3 Å². The van der Waals surface area contributed by atoms with Crippen molar-refractivity contribution in [2.45, 2.75) is 65.3 Å². The van der Waals surface area contributed by atoms with Gasteiger partial charge in [0.2, 0.25) is 17.7 Å². The standard InChI is InChI=1S/C49H64N6O10S2/c1-32(34-7-9-35(10-8-34)44-33(2)51-31-66-44)52-46(58)41-27-38(56)29-55(41)48(59)45(49(3,4)5)54-43(57)30-64-24-23-62-20-19-60-17-18-61-21-22-63-25-26-65-39-15-16-40-42(28-39)67-47(53-40)36-11-13-37(50-6)14-12-36/h7-16,28,31-32,38,41,45,50,56H,17-27,29-30H2,1-6H3,(H,52,58)(H,54,57)/t32?,38-,41+,45?/m1/s1. The van der Waals surface area contributed by atoms with Gasteiger partial charge in [0.05, 0.1) is 97.9 Å². The molecular weight excluding hydrogens is 897 g/mol. The Balaban J connectivity index is 0.782. The third kappa shape index (κ3) is 15.2. The Hall–Kier alpha value is -5.05. The number of aryl methyl sites for hydroxylation is 1. The zero-order valence-corrected chi connectivity index (χ0v) is 40.8. The van der Waals surface area contributed by atoms with Crippen LogP contribution >= 0.6 is 22.7 Å². The lowest BCUT2D eigenvalue weighted by Crippen LogP contribution is -2.58. The highest BCUT2D eigenvalue weighted by Crippen LogP contribution is 2.33. The third-order valence-electron chi connectivity index (χ3n) is 11.1. The smallest absolute Gasteiger partial charge is 0.246 e. The maximum Gasteiger partial charge on any atom is 0.246 e. The highest BCUT2D eigenvalue weighted by Gasteiger charge is 2.44. The molecule has 3 heterocycles. The second kappa shape index (κ2) is 25.4. The van der Waals surface area contributed by atoms with Gasteiger partial charge in [-0.05, 0) is 72.9 Å². The Morgan fingerprint density at radius 1 is 0.821 bits per heavy atom. The van der Waals surface area contributed by atoms with Gasteiger partial charge < -0.3 is 54.4 Å². The van der Waals surface area contributed by atoms with Crippen molar-refractivity contribution in [3.8, 4) is 26.8 Å². The van der Waals surface area contributed by atoms with Crippen LogP contribution < -0.4 is 20.7 Å². The predicted octanol–water partition coefficient (Wildman–Crippen LogP) is 6.27. The highest BCUT2D eigenvalue weighted by molar-refractivity contribution is 7.21. The number of amides is 3. The first kappa shape index (κ1) is 51.3. The first-order valence-corrected chi connectivity index (χ1v) is 24.3. The molecule has 0 aliphatic carbocycles. The van der Waals surface area contributed by atoms with Crippen LogP contribution in [-0.2, 0) is 38.1 Å². The summed E-state index contributed by atoms with van der Waals surface area (Å²) in [7, 11) is 1.90. The fraction of sp³-hybridized carbons (Fsp3) is 0.490. The van der Waals surface area contributed by atoms with Crippen molar-refractivity contribution in [3.05, 3.63) is 83.5 Å². The molecule has 2 unspecified atom stereocenters. The number of nitrogens with one attached hydrogen (secondary N) is 3. The molecule has 2 aromatic heterocycles. The summed E-state index contributed by atoms with van der Waals surface area (Å²) in [4.78, 5) is 52.1. The zero-order valence-electron chi connectivity index (χ0n) is 39.2. The average molecular weight is 961 g/mol. The molecule has 0 saturated carbocycles. The Morgan fingerprint density at radius 2 is 1.43 bits per heavy atom. The molecular formula is C49H64N6O10S2. The Kier molecular flexibility index (Phi) is 19.4. The lowest BCUT2D eigenvalue weighted by Gasteiger charge is -2.35. The second-order valence-corrected chi connectivity index (χ2v) is 19.1. The van der Waals surface area contributed by atoms with E-state index in [-0.39, 0.29) is 44.7 Å². The quantitative estimate of drug-likeness (QED) is 0.0454. The van der Waals surface area contributed by atoms with Crippen LogP contribution in [0.15, 0.2) is 72.2 Å². The minimum Gasteiger partial charge on any atom is -0.491 e. The van der Waals surface area contributed by atoms with Crippen LogP contribution in [0.4, 0.5) is 5.69 Å². The molecule has 5 aromatic rings. The summed E-state index contributed by atoms with van der Waals surface area (Å²) in [5.74, 6) is -0.517. The van der Waals surface area contributed by atoms with Crippen LogP contribution in [0.5, 0.6) is 5.75 Å². The number of benzene rings is 3. The molecule has 18 heteroatoms. The van der Waals surface area contributed by atoms with Crippen LogP contribution in [0.25, 0.3) is 31.2 Å². The first-order valence-electron chi connectivity index (χ1n) is 22.6. The van der Waals surface area contributed by atoms with E-state index in [4.69, 9.17) is 33.4 Å². The van der Waals surface area contributed by atoms with Crippen LogP contribution in [-0.4, -0.2) is 142 Å². The normalized spacial score (nSPS) is 16.0. The summed E-state index contributed by atoms with van der Waals surface area (Å²) in [5.41, 5.74) is 7.11. The van der Waals surface area contributed by atoms with Gasteiger partial charge in [-0.2, -0.15) is 0 Å². The number of carbonyl (C=O) groups excluding carboxylic acids is 3. The molecule has 1 saturated heterocycles.